The van der Waals surface area contributed by atoms with E-state index in [1.54, 1.807) is 33.0 Å². The second kappa shape index (κ2) is 7.46. The van der Waals surface area contributed by atoms with E-state index < -0.39 is 21.7 Å². The summed E-state index contributed by atoms with van der Waals surface area (Å²) in [7, 11) is -3.91. The zero-order valence-electron chi connectivity index (χ0n) is 15.2. The molecule has 26 heavy (non-hydrogen) atoms. The van der Waals surface area contributed by atoms with Gasteiger partial charge in [-0.15, -0.1) is 4.83 Å². The van der Waals surface area contributed by atoms with E-state index in [4.69, 9.17) is 4.74 Å². The highest BCUT2D eigenvalue weighted by atomic mass is 32.2. The Kier molecular flexibility index (Phi) is 5.72. The molecule has 142 valence electrons. The van der Waals surface area contributed by atoms with Gasteiger partial charge in [-0.1, -0.05) is 13.0 Å². The predicted molar refractivity (Wildman–Crippen MR) is 97.0 cm³/mol. The van der Waals surface area contributed by atoms with Crippen molar-refractivity contribution in [3.63, 3.8) is 0 Å². The summed E-state index contributed by atoms with van der Waals surface area (Å²) in [6.45, 7) is 7.38. The summed E-state index contributed by atoms with van der Waals surface area (Å²) < 4.78 is 31.4. The second-order valence-corrected chi connectivity index (χ2v) is 8.49. The van der Waals surface area contributed by atoms with Crippen molar-refractivity contribution in [3.05, 3.63) is 30.6 Å². The van der Waals surface area contributed by atoms with Gasteiger partial charge in [-0.3, -0.25) is 14.4 Å². The predicted octanol–water partition coefficient (Wildman–Crippen LogP) is 2.49. The number of fused-ring (bicyclic) bond motifs is 1. The molecular formula is C17H23N3O5S. The first-order chi connectivity index (χ1) is 12.1. The minimum absolute atomic E-state index is 0.00473. The smallest absolute Gasteiger partial charge is 0.418 e. The lowest BCUT2D eigenvalue weighted by molar-refractivity contribution is -0.119. The third kappa shape index (κ3) is 4.83. The lowest BCUT2D eigenvalue weighted by atomic mass is 10.2. The lowest BCUT2D eigenvalue weighted by Crippen LogP contribution is -2.41. The van der Waals surface area contributed by atoms with Gasteiger partial charge in [-0.25, -0.2) is 13.2 Å². The summed E-state index contributed by atoms with van der Waals surface area (Å²) in [6.07, 6.45) is 3.57. The number of hydrogen-bond acceptors (Lipinski definition) is 5. The first-order valence-electron chi connectivity index (χ1n) is 8.15. The van der Waals surface area contributed by atoms with Crippen LogP contribution in [0.4, 0.5) is 4.79 Å². The molecule has 0 atom stereocenters. The topological polar surface area (TPSA) is 97.7 Å². The third-order valence-corrected chi connectivity index (χ3v) is 4.71. The molecule has 1 N–H and O–H groups in total. The highest BCUT2D eigenvalue weighted by molar-refractivity contribution is 7.89. The molecule has 0 fully saturated rings. The molecule has 1 heterocycles. The standard InChI is InChI=1S/C17H23N3O5S/c1-5-8-20(12-21)18-26(23,24)15-7-6-13-10-19(11-14(13)9-15)16(22)25-17(2,3)4/h6-7,9-12,18H,5,8H2,1-4H3. The van der Waals surface area contributed by atoms with Crippen LogP contribution in [0.5, 0.6) is 0 Å². The lowest BCUT2D eigenvalue weighted by Gasteiger charge is -2.19. The van der Waals surface area contributed by atoms with E-state index in [9.17, 15) is 18.0 Å². The molecule has 1 aromatic heterocycles. The summed E-state index contributed by atoms with van der Waals surface area (Å²) in [5.41, 5.74) is -0.635. The number of ether oxygens (including phenoxy) is 1. The maximum Gasteiger partial charge on any atom is 0.418 e. The zero-order valence-corrected chi connectivity index (χ0v) is 16.0. The van der Waals surface area contributed by atoms with Gasteiger partial charge in [-0.05, 0) is 39.3 Å². The quantitative estimate of drug-likeness (QED) is 0.612. The molecule has 0 bridgehead atoms. The van der Waals surface area contributed by atoms with E-state index in [1.165, 1.54) is 22.9 Å². The number of nitrogens with one attached hydrogen (secondary N) is 1. The normalized spacial score (nSPS) is 12.2. The number of benzene rings is 1. The number of carbonyl (C=O) groups is 2. The van der Waals surface area contributed by atoms with Gasteiger partial charge >= 0.3 is 6.09 Å². The molecule has 8 nitrogen and oxygen atoms in total. The van der Waals surface area contributed by atoms with Gasteiger partial charge in [0.05, 0.1) is 4.90 Å². The van der Waals surface area contributed by atoms with Gasteiger partial charge in [0.25, 0.3) is 10.0 Å². The number of aromatic nitrogens is 1. The molecule has 2 aromatic rings. The van der Waals surface area contributed by atoms with Crippen molar-refractivity contribution in [2.75, 3.05) is 6.54 Å². The Morgan fingerprint density at radius 2 is 1.92 bits per heavy atom. The Balaban J connectivity index is 2.31. The van der Waals surface area contributed by atoms with E-state index in [0.29, 0.717) is 23.6 Å². The molecule has 0 saturated carbocycles. The van der Waals surface area contributed by atoms with Crippen LogP contribution in [0.25, 0.3) is 10.8 Å². The van der Waals surface area contributed by atoms with Crippen LogP contribution in [0.3, 0.4) is 0 Å². The number of rotatable bonds is 6. The van der Waals surface area contributed by atoms with Crippen molar-refractivity contribution in [2.24, 2.45) is 0 Å². The first kappa shape index (κ1) is 19.9. The molecule has 0 unspecified atom stereocenters. The minimum atomic E-state index is -3.91. The van der Waals surface area contributed by atoms with Crippen molar-refractivity contribution in [1.82, 2.24) is 14.4 Å². The number of amides is 1. The van der Waals surface area contributed by atoms with Crippen LogP contribution >= 0.6 is 0 Å². The van der Waals surface area contributed by atoms with Crippen LogP contribution in [0.1, 0.15) is 34.1 Å². The van der Waals surface area contributed by atoms with Crippen molar-refractivity contribution in [3.8, 4) is 0 Å². The third-order valence-electron chi connectivity index (χ3n) is 3.36. The molecule has 0 aliphatic rings. The Morgan fingerprint density at radius 3 is 2.50 bits per heavy atom. The van der Waals surface area contributed by atoms with E-state index in [2.05, 4.69) is 4.83 Å². The zero-order chi connectivity index (χ0) is 19.5. The van der Waals surface area contributed by atoms with Gasteiger partial charge in [0.1, 0.15) is 5.60 Å². The number of carbonyl (C=O) groups excluding carboxylic acids is 2. The average molecular weight is 381 g/mol. The Hall–Kier alpha value is -2.39. The number of hydrogen-bond donors (Lipinski definition) is 1. The molecule has 0 aliphatic heterocycles. The molecule has 0 aliphatic carbocycles. The van der Waals surface area contributed by atoms with Gasteiger partial charge in [0, 0.05) is 29.7 Å². The monoisotopic (exact) mass is 381 g/mol. The van der Waals surface area contributed by atoms with Crippen LogP contribution in [0.15, 0.2) is 35.5 Å². The van der Waals surface area contributed by atoms with Gasteiger partial charge < -0.3 is 4.74 Å². The average Bonchev–Trinajstić information content (AvgIpc) is 2.96. The van der Waals surface area contributed by atoms with E-state index in [0.717, 1.165) is 5.01 Å². The fourth-order valence-electron chi connectivity index (χ4n) is 2.27. The van der Waals surface area contributed by atoms with Crippen LogP contribution in [-0.4, -0.2) is 42.6 Å². The van der Waals surface area contributed by atoms with Crippen LogP contribution in [-0.2, 0) is 19.6 Å². The van der Waals surface area contributed by atoms with Crippen molar-refractivity contribution in [1.29, 1.82) is 0 Å². The Morgan fingerprint density at radius 1 is 1.27 bits per heavy atom. The molecule has 1 amide bonds. The summed E-state index contributed by atoms with van der Waals surface area (Å²) in [6, 6.07) is 4.45. The summed E-state index contributed by atoms with van der Waals surface area (Å²) in [4.78, 5) is 25.3. The van der Waals surface area contributed by atoms with Crippen LogP contribution in [0, 0.1) is 0 Å². The second-order valence-electron chi connectivity index (χ2n) is 6.83. The maximum absolute atomic E-state index is 12.4. The molecule has 2 rings (SSSR count). The molecule has 0 radical (unpaired) electrons. The van der Waals surface area contributed by atoms with Crippen molar-refractivity contribution < 1.29 is 22.7 Å². The summed E-state index contributed by atoms with van der Waals surface area (Å²) in [5.74, 6) is 0. The summed E-state index contributed by atoms with van der Waals surface area (Å²) in [5, 5.41) is 2.23. The van der Waals surface area contributed by atoms with Gasteiger partial charge in [0.2, 0.25) is 6.41 Å². The molecule has 0 spiro atoms. The molecule has 0 saturated heterocycles. The fraction of sp³-hybridized carbons (Fsp3) is 0.412. The van der Waals surface area contributed by atoms with Crippen molar-refractivity contribution >= 4 is 33.3 Å². The molecule has 1 aromatic carbocycles. The number of sulfonamides is 1. The van der Waals surface area contributed by atoms with Crippen LogP contribution < -0.4 is 4.83 Å². The Bertz CT molecular complexity index is 912. The fourth-order valence-corrected chi connectivity index (χ4v) is 3.35. The van der Waals surface area contributed by atoms with Crippen molar-refractivity contribution in [2.45, 2.75) is 44.6 Å². The molecular weight excluding hydrogens is 358 g/mol. The highest BCUT2D eigenvalue weighted by Crippen LogP contribution is 2.21. The Labute approximate surface area is 152 Å². The maximum atomic E-state index is 12.4. The highest BCUT2D eigenvalue weighted by Gasteiger charge is 2.20. The summed E-state index contributed by atoms with van der Waals surface area (Å²) >= 11 is 0. The SMILES string of the molecule is CCCN(C=O)NS(=O)(=O)c1ccc2cn(C(=O)OC(C)(C)C)cc2c1. The molecule has 9 heteroatoms. The van der Waals surface area contributed by atoms with Gasteiger partial charge in [0.15, 0.2) is 0 Å². The minimum Gasteiger partial charge on any atom is -0.443 e. The number of hydrazine groups is 1. The van der Waals surface area contributed by atoms with Crippen LogP contribution in [0.2, 0.25) is 0 Å². The largest absolute Gasteiger partial charge is 0.443 e. The van der Waals surface area contributed by atoms with Gasteiger partial charge in [-0.2, -0.15) is 0 Å². The van der Waals surface area contributed by atoms with E-state index >= 15 is 0 Å². The number of nitrogens with zero attached hydrogens (tertiary/aromatic N) is 2. The first-order valence-corrected chi connectivity index (χ1v) is 9.63. The van der Waals surface area contributed by atoms with E-state index in [1.807, 2.05) is 6.92 Å². The van der Waals surface area contributed by atoms with E-state index in [-0.39, 0.29) is 11.4 Å².